The Kier molecular flexibility index (Phi) is 3.51. The molecule has 0 unspecified atom stereocenters. The maximum atomic E-state index is 12.4. The van der Waals surface area contributed by atoms with Crippen molar-refractivity contribution < 1.29 is 13.9 Å². The van der Waals surface area contributed by atoms with Crippen molar-refractivity contribution in [3.05, 3.63) is 82.3 Å². The number of allylic oxidation sites excluding steroid dienone is 1. The van der Waals surface area contributed by atoms with Crippen LogP contribution in [0.4, 0.5) is 0 Å². The van der Waals surface area contributed by atoms with Gasteiger partial charge in [-0.3, -0.25) is 4.79 Å². The number of furan rings is 1. The SMILES string of the molecule is Cc1ccc2c(c1)C(=O)C(=Cc1ccc(-c3cccc(Cl)c3)o1)O2. The number of ether oxygens (including phenoxy) is 1. The zero-order valence-corrected chi connectivity index (χ0v) is 13.6. The Hall–Kier alpha value is -2.78. The molecule has 0 amide bonds. The van der Waals surface area contributed by atoms with Gasteiger partial charge in [0.25, 0.3) is 0 Å². The largest absolute Gasteiger partial charge is 0.457 e. The molecule has 0 fully saturated rings. The van der Waals surface area contributed by atoms with E-state index in [0.717, 1.165) is 11.1 Å². The van der Waals surface area contributed by atoms with Crippen molar-refractivity contribution in [2.75, 3.05) is 0 Å². The fourth-order valence-corrected chi connectivity index (χ4v) is 2.85. The third-order valence-electron chi connectivity index (χ3n) is 3.83. The van der Waals surface area contributed by atoms with Gasteiger partial charge in [0.2, 0.25) is 5.78 Å². The molecule has 24 heavy (non-hydrogen) atoms. The second kappa shape index (κ2) is 5.69. The smallest absolute Gasteiger partial charge is 0.232 e. The van der Waals surface area contributed by atoms with Gasteiger partial charge in [-0.15, -0.1) is 0 Å². The third kappa shape index (κ3) is 2.63. The lowest BCUT2D eigenvalue weighted by Crippen LogP contribution is -1.97. The predicted octanol–water partition coefficient (Wildman–Crippen LogP) is 5.52. The van der Waals surface area contributed by atoms with Crippen molar-refractivity contribution in [3.63, 3.8) is 0 Å². The van der Waals surface area contributed by atoms with Crippen LogP contribution >= 0.6 is 11.6 Å². The van der Waals surface area contributed by atoms with Gasteiger partial charge < -0.3 is 9.15 Å². The minimum Gasteiger partial charge on any atom is -0.457 e. The van der Waals surface area contributed by atoms with Crippen molar-refractivity contribution in [1.29, 1.82) is 0 Å². The molecule has 0 bridgehead atoms. The number of hydrogen-bond acceptors (Lipinski definition) is 3. The summed E-state index contributed by atoms with van der Waals surface area (Å²) in [6.07, 6.45) is 1.62. The van der Waals surface area contributed by atoms with E-state index in [-0.39, 0.29) is 11.5 Å². The highest BCUT2D eigenvalue weighted by Gasteiger charge is 2.27. The molecule has 0 N–H and O–H groups in total. The summed E-state index contributed by atoms with van der Waals surface area (Å²) in [5.41, 5.74) is 2.49. The molecule has 0 saturated carbocycles. The van der Waals surface area contributed by atoms with E-state index in [1.165, 1.54) is 0 Å². The summed E-state index contributed by atoms with van der Waals surface area (Å²) < 4.78 is 11.4. The summed E-state index contributed by atoms with van der Waals surface area (Å²) in [5, 5.41) is 0.643. The number of benzene rings is 2. The van der Waals surface area contributed by atoms with E-state index in [9.17, 15) is 4.79 Å². The average molecular weight is 337 g/mol. The van der Waals surface area contributed by atoms with Gasteiger partial charge in [0.05, 0.1) is 5.56 Å². The molecule has 1 aromatic heterocycles. The maximum absolute atomic E-state index is 12.4. The van der Waals surface area contributed by atoms with Gasteiger partial charge in [-0.25, -0.2) is 0 Å². The summed E-state index contributed by atoms with van der Waals surface area (Å²) in [6.45, 7) is 1.94. The van der Waals surface area contributed by atoms with Crippen LogP contribution < -0.4 is 4.74 Å². The lowest BCUT2D eigenvalue weighted by atomic mass is 10.1. The van der Waals surface area contributed by atoms with Crippen molar-refractivity contribution in [1.82, 2.24) is 0 Å². The van der Waals surface area contributed by atoms with E-state index >= 15 is 0 Å². The molecule has 0 saturated heterocycles. The highest BCUT2D eigenvalue weighted by molar-refractivity contribution is 6.30. The van der Waals surface area contributed by atoms with Crippen LogP contribution in [0.25, 0.3) is 17.4 Å². The number of halogens is 1. The summed E-state index contributed by atoms with van der Waals surface area (Å²) in [6, 6.07) is 16.6. The maximum Gasteiger partial charge on any atom is 0.232 e. The first kappa shape index (κ1) is 14.8. The highest BCUT2D eigenvalue weighted by Crippen LogP contribution is 2.33. The van der Waals surface area contributed by atoms with Gasteiger partial charge in [0.1, 0.15) is 17.3 Å². The summed E-state index contributed by atoms with van der Waals surface area (Å²) in [5.74, 6) is 1.96. The van der Waals surface area contributed by atoms with Crippen LogP contribution in [0.1, 0.15) is 21.7 Å². The Balaban J connectivity index is 1.65. The van der Waals surface area contributed by atoms with Gasteiger partial charge in [-0.05, 0) is 43.3 Å². The van der Waals surface area contributed by atoms with E-state index in [4.69, 9.17) is 20.8 Å². The topological polar surface area (TPSA) is 39.4 Å². The molecule has 2 heterocycles. The summed E-state index contributed by atoms with van der Waals surface area (Å²) in [7, 11) is 0. The number of Topliss-reactive ketones (excluding diaryl/α,β-unsaturated/α-hetero) is 1. The first-order valence-electron chi connectivity index (χ1n) is 7.51. The second-order valence-corrected chi connectivity index (χ2v) is 6.09. The molecule has 2 aromatic carbocycles. The third-order valence-corrected chi connectivity index (χ3v) is 4.07. The summed E-state index contributed by atoms with van der Waals surface area (Å²) >= 11 is 6.00. The fraction of sp³-hybridized carbons (Fsp3) is 0.0500. The Bertz CT molecular complexity index is 982. The molecule has 0 atom stereocenters. The quantitative estimate of drug-likeness (QED) is 0.578. The molecular weight excluding hydrogens is 324 g/mol. The molecule has 0 aliphatic carbocycles. The zero-order valence-electron chi connectivity index (χ0n) is 12.9. The first-order chi connectivity index (χ1) is 11.6. The predicted molar refractivity (Wildman–Crippen MR) is 93.3 cm³/mol. The van der Waals surface area contributed by atoms with E-state index in [2.05, 4.69) is 0 Å². The van der Waals surface area contributed by atoms with E-state index in [1.54, 1.807) is 18.2 Å². The second-order valence-electron chi connectivity index (χ2n) is 5.65. The normalized spacial score (nSPS) is 14.8. The lowest BCUT2D eigenvalue weighted by molar-refractivity contribution is 0.101. The number of fused-ring (bicyclic) bond motifs is 1. The molecular formula is C20H13ClO3. The van der Waals surface area contributed by atoms with Crippen LogP contribution in [0.5, 0.6) is 5.75 Å². The van der Waals surface area contributed by atoms with Crippen LogP contribution in [0.3, 0.4) is 0 Å². The molecule has 0 radical (unpaired) electrons. The number of carbonyl (C=O) groups excluding carboxylic acids is 1. The monoisotopic (exact) mass is 336 g/mol. The molecule has 4 rings (SSSR count). The van der Waals surface area contributed by atoms with E-state index in [0.29, 0.717) is 27.9 Å². The van der Waals surface area contributed by atoms with Gasteiger partial charge in [-0.2, -0.15) is 0 Å². The van der Waals surface area contributed by atoms with Crippen molar-refractivity contribution in [2.45, 2.75) is 6.92 Å². The van der Waals surface area contributed by atoms with Gasteiger partial charge in [-0.1, -0.05) is 35.4 Å². The van der Waals surface area contributed by atoms with Gasteiger partial charge >= 0.3 is 0 Å². The standard InChI is InChI=1S/C20H13ClO3/c1-12-5-7-18-16(9-12)20(22)19(24-18)11-15-6-8-17(23-15)13-3-2-4-14(21)10-13/h2-11H,1H3. The lowest BCUT2D eigenvalue weighted by Gasteiger charge is -1.98. The van der Waals surface area contributed by atoms with Gasteiger partial charge in [0.15, 0.2) is 5.76 Å². The molecule has 1 aliphatic rings. The Morgan fingerprint density at radius 1 is 1.04 bits per heavy atom. The Labute approximate surface area is 144 Å². The molecule has 1 aliphatic heterocycles. The molecule has 3 aromatic rings. The van der Waals surface area contributed by atoms with Crippen LogP contribution in [-0.4, -0.2) is 5.78 Å². The number of aryl methyl sites for hydroxylation is 1. The molecule has 0 spiro atoms. The Morgan fingerprint density at radius 3 is 2.75 bits per heavy atom. The molecule has 118 valence electrons. The van der Waals surface area contributed by atoms with Crippen LogP contribution in [0.15, 0.2) is 64.8 Å². The van der Waals surface area contributed by atoms with Crippen molar-refractivity contribution in [2.24, 2.45) is 0 Å². The van der Waals surface area contributed by atoms with Crippen LogP contribution in [-0.2, 0) is 0 Å². The minimum atomic E-state index is -0.130. The van der Waals surface area contributed by atoms with Gasteiger partial charge in [0, 0.05) is 16.7 Å². The van der Waals surface area contributed by atoms with Crippen molar-refractivity contribution >= 4 is 23.5 Å². The van der Waals surface area contributed by atoms with Crippen molar-refractivity contribution in [3.8, 4) is 17.1 Å². The molecule has 4 heteroatoms. The van der Waals surface area contributed by atoms with Crippen LogP contribution in [0.2, 0.25) is 5.02 Å². The minimum absolute atomic E-state index is 0.130. The Morgan fingerprint density at radius 2 is 1.92 bits per heavy atom. The summed E-state index contributed by atoms with van der Waals surface area (Å²) in [4.78, 5) is 12.4. The number of ketones is 1. The number of hydrogen-bond donors (Lipinski definition) is 0. The highest BCUT2D eigenvalue weighted by atomic mass is 35.5. The number of carbonyl (C=O) groups is 1. The number of rotatable bonds is 2. The fourth-order valence-electron chi connectivity index (χ4n) is 2.66. The van der Waals surface area contributed by atoms with E-state index < -0.39 is 0 Å². The average Bonchev–Trinajstić information content (AvgIpc) is 3.14. The first-order valence-corrected chi connectivity index (χ1v) is 7.89. The van der Waals surface area contributed by atoms with E-state index in [1.807, 2.05) is 49.4 Å². The zero-order chi connectivity index (χ0) is 16.7. The molecule has 3 nitrogen and oxygen atoms in total. The van der Waals surface area contributed by atoms with Crippen LogP contribution in [0, 0.1) is 6.92 Å².